The average molecular weight is 272 g/mol. The van der Waals surface area contributed by atoms with E-state index >= 15 is 0 Å². The van der Waals surface area contributed by atoms with Gasteiger partial charge in [0.2, 0.25) is 0 Å². The molecule has 1 aromatic rings. The molecule has 1 saturated carbocycles. The Balaban J connectivity index is 1.88. The van der Waals surface area contributed by atoms with E-state index in [9.17, 15) is 4.79 Å². The zero-order valence-corrected chi connectivity index (χ0v) is 11.7. The standard InChI is InChI=1S/C17H20O3/c1-2-10-19-13-6-7-14-15(18)12-17(20-16(14)11-13)8-4-3-5-9-17/h2,6-7,11H,1,3-5,8-10,12H2. The predicted octanol–water partition coefficient (Wildman–Crippen LogP) is 3.92. The summed E-state index contributed by atoms with van der Waals surface area (Å²) in [5.41, 5.74) is 0.423. The Hall–Kier alpha value is -1.77. The third-order valence-electron chi connectivity index (χ3n) is 4.20. The van der Waals surface area contributed by atoms with Gasteiger partial charge in [0, 0.05) is 6.07 Å². The van der Waals surface area contributed by atoms with Crippen molar-refractivity contribution in [1.82, 2.24) is 0 Å². The first kappa shape index (κ1) is 13.2. The van der Waals surface area contributed by atoms with Crippen LogP contribution >= 0.6 is 0 Å². The van der Waals surface area contributed by atoms with Crippen LogP contribution in [0.3, 0.4) is 0 Å². The largest absolute Gasteiger partial charge is 0.489 e. The second-order valence-electron chi connectivity index (χ2n) is 5.70. The minimum absolute atomic E-state index is 0.198. The van der Waals surface area contributed by atoms with Crippen LogP contribution in [0.4, 0.5) is 0 Å². The molecule has 106 valence electrons. The summed E-state index contributed by atoms with van der Waals surface area (Å²) >= 11 is 0. The van der Waals surface area contributed by atoms with Gasteiger partial charge in [-0.3, -0.25) is 4.79 Å². The number of benzene rings is 1. The summed E-state index contributed by atoms with van der Waals surface area (Å²) in [6, 6.07) is 5.47. The Bertz CT molecular complexity index is 527. The van der Waals surface area contributed by atoms with Crippen molar-refractivity contribution in [3.05, 3.63) is 36.4 Å². The van der Waals surface area contributed by atoms with Crippen molar-refractivity contribution in [2.45, 2.75) is 44.1 Å². The Morgan fingerprint density at radius 1 is 1.30 bits per heavy atom. The fraction of sp³-hybridized carbons (Fsp3) is 0.471. The zero-order valence-electron chi connectivity index (χ0n) is 11.7. The lowest BCUT2D eigenvalue weighted by Crippen LogP contribution is -2.43. The monoisotopic (exact) mass is 272 g/mol. The van der Waals surface area contributed by atoms with Crippen LogP contribution in [0, 0.1) is 0 Å². The molecule has 0 radical (unpaired) electrons. The summed E-state index contributed by atoms with van der Waals surface area (Å²) in [5, 5.41) is 0. The summed E-state index contributed by atoms with van der Waals surface area (Å²) < 4.78 is 11.7. The van der Waals surface area contributed by atoms with Crippen LogP contribution in [-0.2, 0) is 0 Å². The van der Waals surface area contributed by atoms with Crippen LogP contribution in [0.5, 0.6) is 11.5 Å². The summed E-state index contributed by atoms with van der Waals surface area (Å²) in [6.07, 6.45) is 7.73. The maximum Gasteiger partial charge on any atom is 0.170 e. The van der Waals surface area contributed by atoms with E-state index < -0.39 is 0 Å². The van der Waals surface area contributed by atoms with Gasteiger partial charge >= 0.3 is 0 Å². The van der Waals surface area contributed by atoms with Crippen LogP contribution in [0.25, 0.3) is 0 Å². The maximum atomic E-state index is 12.3. The molecule has 1 aliphatic heterocycles. The zero-order chi connectivity index (χ0) is 14.0. The molecule has 0 unspecified atom stereocenters. The van der Waals surface area contributed by atoms with Gasteiger partial charge in [-0.1, -0.05) is 19.1 Å². The van der Waals surface area contributed by atoms with E-state index in [4.69, 9.17) is 9.47 Å². The number of carbonyl (C=O) groups is 1. The van der Waals surface area contributed by atoms with Crippen molar-refractivity contribution in [2.75, 3.05) is 6.61 Å². The highest BCUT2D eigenvalue weighted by Gasteiger charge is 2.41. The van der Waals surface area contributed by atoms with Gasteiger partial charge in [0.25, 0.3) is 0 Å². The molecule has 3 heteroatoms. The highest BCUT2D eigenvalue weighted by Crippen LogP contribution is 2.42. The summed E-state index contributed by atoms with van der Waals surface area (Å²) in [7, 11) is 0. The lowest BCUT2D eigenvalue weighted by molar-refractivity contribution is 0.0134. The van der Waals surface area contributed by atoms with Gasteiger partial charge in [0.1, 0.15) is 23.7 Å². The molecule has 1 heterocycles. The molecule has 0 aromatic heterocycles. The summed E-state index contributed by atoms with van der Waals surface area (Å²) in [4.78, 5) is 12.3. The smallest absolute Gasteiger partial charge is 0.170 e. The van der Waals surface area contributed by atoms with Crippen molar-refractivity contribution >= 4 is 5.78 Å². The summed E-state index contributed by atoms with van der Waals surface area (Å²) in [5.74, 6) is 1.61. The van der Waals surface area contributed by atoms with Gasteiger partial charge < -0.3 is 9.47 Å². The molecular formula is C17H20O3. The van der Waals surface area contributed by atoms with Gasteiger partial charge in [-0.15, -0.1) is 0 Å². The second kappa shape index (κ2) is 5.31. The molecule has 0 amide bonds. The molecule has 0 atom stereocenters. The molecule has 0 bridgehead atoms. The second-order valence-corrected chi connectivity index (χ2v) is 5.70. The highest BCUT2D eigenvalue weighted by molar-refractivity contribution is 6.00. The molecule has 1 aromatic carbocycles. The summed E-state index contributed by atoms with van der Waals surface area (Å²) in [6.45, 7) is 4.09. The SMILES string of the molecule is C=CCOc1ccc2c(c1)OC1(CCCCC1)CC2=O. The van der Waals surface area contributed by atoms with Crippen molar-refractivity contribution < 1.29 is 14.3 Å². The van der Waals surface area contributed by atoms with Crippen LogP contribution in [-0.4, -0.2) is 18.0 Å². The third-order valence-corrected chi connectivity index (χ3v) is 4.20. The first-order valence-corrected chi connectivity index (χ1v) is 7.32. The minimum Gasteiger partial charge on any atom is -0.489 e. The Kier molecular flexibility index (Phi) is 3.51. The van der Waals surface area contributed by atoms with Crippen LogP contribution in [0.15, 0.2) is 30.9 Å². The lowest BCUT2D eigenvalue weighted by Gasteiger charge is -2.40. The quantitative estimate of drug-likeness (QED) is 0.782. The molecule has 1 aliphatic carbocycles. The molecule has 0 N–H and O–H groups in total. The van der Waals surface area contributed by atoms with E-state index in [2.05, 4.69) is 6.58 Å². The van der Waals surface area contributed by atoms with Gasteiger partial charge in [-0.2, -0.15) is 0 Å². The first-order valence-electron chi connectivity index (χ1n) is 7.32. The van der Waals surface area contributed by atoms with Gasteiger partial charge in [-0.05, 0) is 37.8 Å². The Labute approximate surface area is 119 Å². The maximum absolute atomic E-state index is 12.3. The predicted molar refractivity (Wildman–Crippen MR) is 77.5 cm³/mol. The van der Waals surface area contributed by atoms with Crippen LogP contribution in [0.2, 0.25) is 0 Å². The van der Waals surface area contributed by atoms with Crippen molar-refractivity contribution in [3.8, 4) is 11.5 Å². The third kappa shape index (κ3) is 2.45. The van der Waals surface area contributed by atoms with Crippen molar-refractivity contribution in [3.63, 3.8) is 0 Å². The van der Waals surface area contributed by atoms with Gasteiger partial charge in [0.05, 0.1) is 12.0 Å². The normalized spacial score (nSPS) is 20.1. The fourth-order valence-electron chi connectivity index (χ4n) is 3.19. The van der Waals surface area contributed by atoms with E-state index in [0.29, 0.717) is 24.3 Å². The lowest BCUT2D eigenvalue weighted by atomic mass is 9.78. The fourth-order valence-corrected chi connectivity index (χ4v) is 3.19. The number of hydrogen-bond acceptors (Lipinski definition) is 3. The molecule has 20 heavy (non-hydrogen) atoms. The topological polar surface area (TPSA) is 35.5 Å². The number of ketones is 1. The van der Waals surface area contributed by atoms with E-state index in [-0.39, 0.29) is 11.4 Å². The van der Waals surface area contributed by atoms with E-state index in [0.717, 1.165) is 31.4 Å². The molecule has 3 nitrogen and oxygen atoms in total. The van der Waals surface area contributed by atoms with Gasteiger partial charge in [0.15, 0.2) is 5.78 Å². The molecule has 1 fully saturated rings. The first-order chi connectivity index (χ1) is 9.72. The highest BCUT2D eigenvalue weighted by atomic mass is 16.5. The number of ether oxygens (including phenoxy) is 2. The number of carbonyl (C=O) groups excluding carboxylic acids is 1. The van der Waals surface area contributed by atoms with Gasteiger partial charge in [-0.25, -0.2) is 0 Å². The van der Waals surface area contributed by atoms with Crippen molar-refractivity contribution in [2.24, 2.45) is 0 Å². The van der Waals surface area contributed by atoms with E-state index in [1.807, 2.05) is 18.2 Å². The molecule has 0 saturated heterocycles. The number of rotatable bonds is 3. The minimum atomic E-state index is -0.264. The Morgan fingerprint density at radius 2 is 2.10 bits per heavy atom. The Morgan fingerprint density at radius 3 is 2.85 bits per heavy atom. The molecule has 3 rings (SSSR count). The number of hydrogen-bond donors (Lipinski definition) is 0. The number of Topliss-reactive ketones (excluding diaryl/α,β-unsaturated/α-hetero) is 1. The molecule has 1 spiro atoms. The average Bonchev–Trinajstić information content (AvgIpc) is 2.45. The number of fused-ring (bicyclic) bond motifs is 1. The molecule has 2 aliphatic rings. The van der Waals surface area contributed by atoms with E-state index in [1.54, 1.807) is 6.08 Å². The molecular weight excluding hydrogens is 252 g/mol. The van der Waals surface area contributed by atoms with Crippen molar-refractivity contribution in [1.29, 1.82) is 0 Å². The van der Waals surface area contributed by atoms with Crippen LogP contribution in [0.1, 0.15) is 48.9 Å². The van der Waals surface area contributed by atoms with E-state index in [1.165, 1.54) is 6.42 Å². The van der Waals surface area contributed by atoms with Crippen LogP contribution < -0.4 is 9.47 Å².